The predicted octanol–water partition coefficient (Wildman–Crippen LogP) is 3.19. The fourth-order valence-corrected chi connectivity index (χ4v) is 4.46. The average molecular weight is 489 g/mol. The van der Waals surface area contributed by atoms with E-state index in [2.05, 4.69) is 40.5 Å². The summed E-state index contributed by atoms with van der Waals surface area (Å²) in [6.45, 7) is 4.22. The monoisotopic (exact) mass is 488 g/mol. The van der Waals surface area contributed by atoms with E-state index in [-0.39, 0.29) is 5.97 Å². The lowest BCUT2D eigenvalue weighted by atomic mass is 10.1. The SMILES string of the molecule is Cc1cccc(-c2nccc(Nc3ccnc(Cc4ncc(C(=O)OC[C@@H]5CCNC5)s4)n3)n2)n1. The van der Waals surface area contributed by atoms with Crippen LogP contribution in [0.1, 0.15) is 32.6 Å². The van der Waals surface area contributed by atoms with Gasteiger partial charge in [-0.1, -0.05) is 6.07 Å². The van der Waals surface area contributed by atoms with Crippen molar-refractivity contribution in [2.75, 3.05) is 25.0 Å². The molecule has 11 heteroatoms. The number of thiazole rings is 1. The highest BCUT2D eigenvalue weighted by molar-refractivity contribution is 7.13. The third kappa shape index (κ3) is 6.00. The number of nitrogens with zero attached hydrogens (tertiary/aromatic N) is 6. The van der Waals surface area contributed by atoms with E-state index in [9.17, 15) is 4.79 Å². The number of ether oxygens (including phenoxy) is 1. The van der Waals surface area contributed by atoms with E-state index in [1.807, 2.05) is 25.1 Å². The zero-order chi connectivity index (χ0) is 24.0. The number of carbonyl (C=O) groups excluding carboxylic acids is 1. The Morgan fingerprint density at radius 2 is 1.97 bits per heavy atom. The number of rotatable bonds is 8. The first-order valence-electron chi connectivity index (χ1n) is 11.3. The van der Waals surface area contributed by atoms with E-state index in [1.54, 1.807) is 30.7 Å². The zero-order valence-electron chi connectivity index (χ0n) is 19.1. The molecule has 1 aliphatic heterocycles. The van der Waals surface area contributed by atoms with Crippen LogP contribution in [0.5, 0.6) is 0 Å². The van der Waals surface area contributed by atoms with Gasteiger partial charge in [-0.3, -0.25) is 0 Å². The molecule has 5 rings (SSSR count). The maximum Gasteiger partial charge on any atom is 0.349 e. The molecule has 1 fully saturated rings. The highest BCUT2D eigenvalue weighted by Crippen LogP contribution is 2.20. The summed E-state index contributed by atoms with van der Waals surface area (Å²) in [5, 5.41) is 7.21. The lowest BCUT2D eigenvalue weighted by Gasteiger charge is -2.08. The van der Waals surface area contributed by atoms with Gasteiger partial charge in [0.2, 0.25) is 0 Å². The quantitative estimate of drug-likeness (QED) is 0.357. The number of hydrogen-bond acceptors (Lipinski definition) is 11. The van der Waals surface area contributed by atoms with E-state index in [1.165, 1.54) is 11.3 Å². The molecule has 1 saturated heterocycles. The van der Waals surface area contributed by atoms with Gasteiger partial charge >= 0.3 is 5.97 Å². The maximum atomic E-state index is 12.3. The van der Waals surface area contributed by atoms with Crippen molar-refractivity contribution in [2.45, 2.75) is 19.8 Å². The van der Waals surface area contributed by atoms with Gasteiger partial charge in [-0.15, -0.1) is 11.3 Å². The highest BCUT2D eigenvalue weighted by Gasteiger charge is 2.19. The lowest BCUT2D eigenvalue weighted by Crippen LogP contribution is -2.16. The average Bonchev–Trinajstić information content (AvgIpc) is 3.56. The summed E-state index contributed by atoms with van der Waals surface area (Å²) in [6, 6.07) is 9.25. The predicted molar refractivity (Wildman–Crippen MR) is 131 cm³/mol. The Labute approximate surface area is 206 Å². The maximum absolute atomic E-state index is 12.3. The molecule has 2 N–H and O–H groups in total. The summed E-state index contributed by atoms with van der Waals surface area (Å²) in [4.78, 5) is 39.4. The number of carbonyl (C=O) groups is 1. The van der Waals surface area contributed by atoms with Crippen molar-refractivity contribution in [2.24, 2.45) is 5.92 Å². The van der Waals surface area contributed by atoms with Crippen molar-refractivity contribution in [1.29, 1.82) is 0 Å². The minimum Gasteiger partial charge on any atom is -0.461 e. The van der Waals surface area contributed by atoms with Gasteiger partial charge in [0, 0.05) is 30.6 Å². The van der Waals surface area contributed by atoms with Crippen molar-refractivity contribution >= 4 is 28.9 Å². The van der Waals surface area contributed by atoms with Crippen molar-refractivity contribution < 1.29 is 9.53 Å². The van der Waals surface area contributed by atoms with E-state index in [4.69, 9.17) is 4.74 Å². The first kappa shape index (κ1) is 22.9. The molecule has 4 aromatic rings. The fraction of sp³-hybridized carbons (Fsp3) is 0.292. The summed E-state index contributed by atoms with van der Waals surface area (Å²) in [7, 11) is 0. The minimum atomic E-state index is -0.334. The third-order valence-electron chi connectivity index (χ3n) is 5.41. The van der Waals surface area contributed by atoms with Gasteiger partial charge in [0.05, 0.1) is 19.2 Å². The van der Waals surface area contributed by atoms with E-state index >= 15 is 0 Å². The number of pyridine rings is 1. The second-order valence-electron chi connectivity index (χ2n) is 8.17. The third-order valence-corrected chi connectivity index (χ3v) is 6.39. The molecule has 5 heterocycles. The molecule has 1 atom stereocenters. The number of esters is 1. The van der Waals surface area contributed by atoms with Crippen LogP contribution in [0.4, 0.5) is 11.6 Å². The van der Waals surface area contributed by atoms with Crippen molar-refractivity contribution in [3.05, 3.63) is 70.3 Å². The highest BCUT2D eigenvalue weighted by atomic mass is 32.1. The Kier molecular flexibility index (Phi) is 6.96. The summed E-state index contributed by atoms with van der Waals surface area (Å²) in [5.41, 5.74) is 1.60. The number of anilines is 2. The first-order chi connectivity index (χ1) is 17.1. The van der Waals surface area contributed by atoms with Gasteiger partial charge < -0.3 is 15.4 Å². The van der Waals surface area contributed by atoms with Gasteiger partial charge in [-0.25, -0.2) is 34.7 Å². The van der Waals surface area contributed by atoms with Crippen LogP contribution < -0.4 is 10.6 Å². The van der Waals surface area contributed by atoms with Crippen LogP contribution in [-0.2, 0) is 11.2 Å². The molecule has 0 radical (unpaired) electrons. The second kappa shape index (κ2) is 10.6. The molecule has 0 unspecified atom stereocenters. The topological polar surface area (TPSA) is 128 Å². The van der Waals surface area contributed by atoms with E-state index in [0.29, 0.717) is 52.8 Å². The number of nitrogens with one attached hydrogen (secondary N) is 2. The molecule has 0 saturated carbocycles. The summed E-state index contributed by atoms with van der Waals surface area (Å²) >= 11 is 1.30. The number of aromatic nitrogens is 6. The normalized spacial score (nSPS) is 15.2. The second-order valence-corrected chi connectivity index (χ2v) is 9.28. The first-order valence-corrected chi connectivity index (χ1v) is 12.1. The molecule has 0 spiro atoms. The summed E-state index contributed by atoms with van der Waals surface area (Å²) in [6.07, 6.45) is 6.34. The van der Waals surface area contributed by atoms with Crippen LogP contribution in [0.25, 0.3) is 11.5 Å². The van der Waals surface area contributed by atoms with Crippen LogP contribution in [-0.4, -0.2) is 55.6 Å². The number of hydrogen-bond donors (Lipinski definition) is 2. The molecule has 10 nitrogen and oxygen atoms in total. The molecule has 0 aromatic carbocycles. The Bertz CT molecular complexity index is 1320. The Hall–Kier alpha value is -3.83. The van der Waals surface area contributed by atoms with Crippen molar-refractivity contribution in [3.63, 3.8) is 0 Å². The molecule has 1 aliphatic rings. The van der Waals surface area contributed by atoms with Crippen molar-refractivity contribution in [3.8, 4) is 11.5 Å². The molecule has 4 aromatic heterocycles. The smallest absolute Gasteiger partial charge is 0.349 e. The van der Waals surface area contributed by atoms with E-state index in [0.717, 1.165) is 30.2 Å². The lowest BCUT2D eigenvalue weighted by molar-refractivity contribution is 0.0455. The standard InChI is InChI=1S/C24H24N8O2S/c1-15-3-2-4-17(29-15)23-27-10-7-20(32-23)30-19-6-9-26-21(31-19)11-22-28-13-18(35-22)24(33)34-14-16-5-8-25-12-16/h2-4,6-7,9-10,13,16,25H,5,8,11-12,14H2,1H3,(H,26,27,30,31,32)/t16-/m1/s1. The molecule has 0 aliphatic carbocycles. The van der Waals surface area contributed by atoms with Gasteiger partial charge in [-0.2, -0.15) is 0 Å². The van der Waals surface area contributed by atoms with Crippen LogP contribution in [0.2, 0.25) is 0 Å². The van der Waals surface area contributed by atoms with Gasteiger partial charge in [0.1, 0.15) is 33.0 Å². The zero-order valence-corrected chi connectivity index (χ0v) is 20.0. The molecular formula is C24H24N8O2S. The van der Waals surface area contributed by atoms with Gasteiger partial charge in [0.15, 0.2) is 5.82 Å². The van der Waals surface area contributed by atoms with Crippen LogP contribution >= 0.6 is 11.3 Å². The van der Waals surface area contributed by atoms with E-state index < -0.39 is 0 Å². The van der Waals surface area contributed by atoms with Crippen LogP contribution in [0.15, 0.2) is 48.9 Å². The van der Waals surface area contributed by atoms with Crippen LogP contribution in [0, 0.1) is 12.8 Å². The Balaban J connectivity index is 1.22. The van der Waals surface area contributed by atoms with Crippen LogP contribution in [0.3, 0.4) is 0 Å². The van der Waals surface area contributed by atoms with Gasteiger partial charge in [-0.05, 0) is 44.2 Å². The fourth-order valence-electron chi connectivity index (χ4n) is 3.65. The molecule has 35 heavy (non-hydrogen) atoms. The number of aryl methyl sites for hydroxylation is 1. The Morgan fingerprint density at radius 3 is 2.80 bits per heavy atom. The molecule has 178 valence electrons. The summed E-state index contributed by atoms with van der Waals surface area (Å²) in [5.74, 6) is 2.35. The molecular weight excluding hydrogens is 464 g/mol. The molecule has 0 amide bonds. The summed E-state index contributed by atoms with van der Waals surface area (Å²) < 4.78 is 5.44. The van der Waals surface area contributed by atoms with Crippen molar-refractivity contribution in [1.82, 2.24) is 35.2 Å². The largest absolute Gasteiger partial charge is 0.461 e. The minimum absolute atomic E-state index is 0.334. The van der Waals surface area contributed by atoms with Gasteiger partial charge in [0.25, 0.3) is 0 Å². The Morgan fingerprint density at radius 1 is 1.11 bits per heavy atom. The molecule has 0 bridgehead atoms.